The minimum Gasteiger partial charge on any atom is -0.284 e. The van der Waals surface area contributed by atoms with E-state index in [9.17, 15) is 4.79 Å². The van der Waals surface area contributed by atoms with Crippen LogP contribution in [0.25, 0.3) is 0 Å². The van der Waals surface area contributed by atoms with E-state index in [1.807, 2.05) is 23.1 Å². The lowest BCUT2D eigenvalue weighted by atomic mass is 9.85. The van der Waals surface area contributed by atoms with E-state index in [1.54, 1.807) is 17.8 Å². The lowest BCUT2D eigenvalue weighted by Gasteiger charge is -2.38. The molecule has 5 heteroatoms. The molecule has 0 unspecified atom stereocenters. The minimum atomic E-state index is -0.114. The van der Waals surface area contributed by atoms with Gasteiger partial charge in [-0.1, -0.05) is 55.3 Å². The molecule has 0 N–H and O–H groups in total. The van der Waals surface area contributed by atoms with Gasteiger partial charge in [0.05, 0.1) is 16.1 Å². The summed E-state index contributed by atoms with van der Waals surface area (Å²) in [6.07, 6.45) is 4.62. The summed E-state index contributed by atoms with van der Waals surface area (Å²) < 4.78 is 0. The summed E-state index contributed by atoms with van der Waals surface area (Å²) in [5.74, 6) is 1.39. The van der Waals surface area contributed by atoms with Crippen molar-refractivity contribution in [2.75, 3.05) is 5.75 Å². The third-order valence-corrected chi connectivity index (χ3v) is 6.61. The first-order valence-electron chi connectivity index (χ1n) is 8.70. The minimum absolute atomic E-state index is 0.0108. The van der Waals surface area contributed by atoms with Crippen LogP contribution in [0.2, 0.25) is 5.02 Å². The second-order valence-corrected chi connectivity index (χ2v) is 8.83. The van der Waals surface area contributed by atoms with Crippen LogP contribution in [0.4, 0.5) is 0 Å². The number of rotatable bonds is 2. The largest absolute Gasteiger partial charge is 0.284 e. The summed E-state index contributed by atoms with van der Waals surface area (Å²) in [5, 5.41) is 1.38. The monoisotopic (exact) mass is 364 g/mol. The van der Waals surface area contributed by atoms with E-state index in [0.717, 1.165) is 23.8 Å². The summed E-state index contributed by atoms with van der Waals surface area (Å²) >= 11 is 8.00. The van der Waals surface area contributed by atoms with Gasteiger partial charge in [0.15, 0.2) is 5.17 Å². The summed E-state index contributed by atoms with van der Waals surface area (Å²) in [5.41, 5.74) is 0.460. The van der Waals surface area contributed by atoms with Gasteiger partial charge in [-0.25, -0.2) is 0 Å². The molecule has 2 aliphatic rings. The second kappa shape index (κ2) is 7.09. The molecule has 1 aliphatic heterocycles. The fourth-order valence-corrected chi connectivity index (χ4v) is 4.94. The van der Waals surface area contributed by atoms with Gasteiger partial charge in [-0.2, -0.15) is 0 Å². The van der Waals surface area contributed by atoms with E-state index in [0.29, 0.717) is 16.5 Å². The molecule has 0 bridgehead atoms. The third kappa shape index (κ3) is 3.65. The van der Waals surface area contributed by atoms with Crippen molar-refractivity contribution in [3.63, 3.8) is 0 Å². The van der Waals surface area contributed by atoms with Crippen LogP contribution in [0.5, 0.6) is 0 Å². The standard InChI is InChI=1S/C19H25ClN2OS/c1-13-8-4-7-11-16(13)22(18-21-19(2,3)12-24-18)17(23)14-9-5-6-10-15(14)20/h5-6,9-10,13,16H,4,7-8,11-12H2,1-3H3/t13-,16+/m0/s1. The quantitative estimate of drug-likeness (QED) is 0.718. The fraction of sp³-hybridized carbons (Fsp3) is 0.579. The lowest BCUT2D eigenvalue weighted by molar-refractivity contribution is 0.0733. The molecule has 1 amide bonds. The van der Waals surface area contributed by atoms with Gasteiger partial charge in [0, 0.05) is 11.8 Å². The summed E-state index contributed by atoms with van der Waals surface area (Å²) in [6, 6.07) is 7.54. The average Bonchev–Trinajstić information content (AvgIpc) is 2.89. The Morgan fingerprint density at radius 2 is 2.00 bits per heavy atom. The predicted octanol–water partition coefficient (Wildman–Crippen LogP) is 5.24. The van der Waals surface area contributed by atoms with E-state index in [1.165, 1.54) is 12.8 Å². The molecule has 1 aromatic carbocycles. The number of hydrogen-bond donors (Lipinski definition) is 0. The summed E-state index contributed by atoms with van der Waals surface area (Å²) in [7, 11) is 0. The highest BCUT2D eigenvalue weighted by Gasteiger charge is 2.38. The first-order chi connectivity index (χ1) is 11.4. The Bertz CT molecular complexity index is 659. The van der Waals surface area contributed by atoms with Gasteiger partial charge in [0.2, 0.25) is 0 Å². The molecule has 130 valence electrons. The van der Waals surface area contributed by atoms with Gasteiger partial charge in [0.25, 0.3) is 5.91 Å². The zero-order valence-corrected chi connectivity index (χ0v) is 16.2. The highest BCUT2D eigenvalue weighted by molar-refractivity contribution is 8.14. The second-order valence-electron chi connectivity index (χ2n) is 7.48. The molecule has 0 spiro atoms. The number of hydrogen-bond acceptors (Lipinski definition) is 3. The van der Waals surface area contributed by atoms with Crippen molar-refractivity contribution < 1.29 is 4.79 Å². The molecule has 1 saturated carbocycles. The van der Waals surface area contributed by atoms with Crippen LogP contribution in [0.15, 0.2) is 29.3 Å². The van der Waals surface area contributed by atoms with Crippen molar-refractivity contribution in [1.82, 2.24) is 4.90 Å². The smallest absolute Gasteiger partial charge is 0.261 e. The maximum absolute atomic E-state index is 13.4. The maximum Gasteiger partial charge on any atom is 0.261 e. The van der Waals surface area contributed by atoms with Crippen LogP contribution >= 0.6 is 23.4 Å². The first-order valence-corrected chi connectivity index (χ1v) is 10.1. The number of carbonyl (C=O) groups is 1. The number of amides is 1. The number of nitrogens with zero attached hydrogens (tertiary/aromatic N) is 2. The Labute approximate surface area is 153 Å². The molecule has 1 heterocycles. The van der Waals surface area contributed by atoms with Crippen LogP contribution < -0.4 is 0 Å². The highest BCUT2D eigenvalue weighted by Crippen LogP contribution is 2.36. The van der Waals surface area contributed by atoms with Crippen LogP contribution in [0.3, 0.4) is 0 Å². The SMILES string of the molecule is C[C@H]1CCCC[C@H]1N(C(=O)c1ccccc1Cl)C1=NC(C)(C)CS1. The third-order valence-electron chi connectivity index (χ3n) is 4.88. The average molecular weight is 365 g/mol. The topological polar surface area (TPSA) is 32.7 Å². The Morgan fingerprint density at radius 3 is 2.62 bits per heavy atom. The number of amidine groups is 1. The van der Waals surface area contributed by atoms with E-state index >= 15 is 0 Å². The molecule has 1 fully saturated rings. The van der Waals surface area contributed by atoms with Gasteiger partial charge >= 0.3 is 0 Å². The van der Waals surface area contributed by atoms with Crippen LogP contribution in [0, 0.1) is 5.92 Å². The van der Waals surface area contributed by atoms with E-state index in [-0.39, 0.29) is 17.5 Å². The van der Waals surface area contributed by atoms with Crippen molar-refractivity contribution in [2.45, 2.75) is 58.0 Å². The number of thioether (sulfide) groups is 1. The van der Waals surface area contributed by atoms with Crippen LogP contribution in [0.1, 0.15) is 56.8 Å². The molecule has 1 aromatic rings. The van der Waals surface area contributed by atoms with Gasteiger partial charge in [-0.05, 0) is 44.7 Å². The summed E-state index contributed by atoms with van der Waals surface area (Å²) in [6.45, 7) is 6.49. The Balaban J connectivity index is 1.99. The molecule has 0 saturated heterocycles. The first kappa shape index (κ1) is 17.8. The van der Waals surface area contributed by atoms with Gasteiger partial charge < -0.3 is 0 Å². The van der Waals surface area contributed by atoms with Crippen molar-refractivity contribution in [3.8, 4) is 0 Å². The molecule has 0 aromatic heterocycles. The van der Waals surface area contributed by atoms with Gasteiger partial charge in [-0.15, -0.1) is 0 Å². The highest BCUT2D eigenvalue weighted by atomic mass is 35.5. The van der Waals surface area contributed by atoms with E-state index in [4.69, 9.17) is 16.6 Å². The van der Waals surface area contributed by atoms with Crippen LogP contribution in [-0.4, -0.2) is 33.3 Å². The fourth-order valence-electron chi connectivity index (χ4n) is 3.51. The normalized spacial score (nSPS) is 26.1. The molecule has 1 aliphatic carbocycles. The Morgan fingerprint density at radius 1 is 1.29 bits per heavy atom. The molecule has 3 nitrogen and oxygen atoms in total. The summed E-state index contributed by atoms with van der Waals surface area (Å²) in [4.78, 5) is 20.2. The molecular weight excluding hydrogens is 340 g/mol. The number of aliphatic imine (C=N–C) groups is 1. The molecule has 0 radical (unpaired) electrons. The number of benzene rings is 1. The molecule has 3 rings (SSSR count). The Kier molecular flexibility index (Phi) is 5.26. The van der Waals surface area contributed by atoms with Gasteiger partial charge in [-0.3, -0.25) is 14.7 Å². The van der Waals surface area contributed by atoms with Gasteiger partial charge in [0.1, 0.15) is 0 Å². The molecular formula is C19H25ClN2OS. The molecule has 2 atom stereocenters. The van der Waals surface area contributed by atoms with Crippen molar-refractivity contribution in [1.29, 1.82) is 0 Å². The van der Waals surface area contributed by atoms with Crippen molar-refractivity contribution in [2.24, 2.45) is 10.9 Å². The van der Waals surface area contributed by atoms with Crippen molar-refractivity contribution in [3.05, 3.63) is 34.9 Å². The van der Waals surface area contributed by atoms with E-state index in [2.05, 4.69) is 20.8 Å². The number of carbonyl (C=O) groups excluding carboxylic acids is 1. The van der Waals surface area contributed by atoms with Crippen molar-refractivity contribution >= 4 is 34.4 Å². The lowest BCUT2D eigenvalue weighted by Crippen LogP contribution is -2.47. The van der Waals surface area contributed by atoms with Crippen LogP contribution in [-0.2, 0) is 0 Å². The van der Waals surface area contributed by atoms with E-state index < -0.39 is 0 Å². The predicted molar refractivity (Wildman–Crippen MR) is 103 cm³/mol. The maximum atomic E-state index is 13.4. The zero-order chi connectivity index (χ0) is 17.3. The zero-order valence-electron chi connectivity index (χ0n) is 14.6. The Hall–Kier alpha value is -1.000. The number of halogens is 1. The molecule has 24 heavy (non-hydrogen) atoms.